The van der Waals surface area contributed by atoms with Crippen LogP contribution in [0.1, 0.15) is 74.7 Å². The molecule has 8 nitrogen and oxygen atoms in total. The fraction of sp³-hybridized carbons (Fsp3) is 0.852. The van der Waals surface area contributed by atoms with Gasteiger partial charge in [0, 0.05) is 0 Å². The molecule has 0 aromatic heterocycles. The Morgan fingerprint density at radius 3 is 1.14 bits per heavy atom. The van der Waals surface area contributed by atoms with Crippen molar-refractivity contribution in [2.45, 2.75) is 98.8 Å². The Balaban J connectivity index is 4.02. The van der Waals surface area contributed by atoms with Crippen LogP contribution in [0.5, 0.6) is 0 Å². The number of carbonyl (C=O) groups excluding carboxylic acids is 4. The summed E-state index contributed by atoms with van der Waals surface area (Å²) >= 11 is 0. The Kier molecular flexibility index (Phi) is 12.6. The maximum absolute atomic E-state index is 13.9. The maximum atomic E-state index is 13.9. The molecule has 0 aliphatic heterocycles. The van der Waals surface area contributed by atoms with Crippen LogP contribution in [0.15, 0.2) is 0 Å². The van der Waals surface area contributed by atoms with E-state index in [0.29, 0.717) is 6.42 Å². The van der Waals surface area contributed by atoms with Gasteiger partial charge in [-0.1, -0.05) is 58.3 Å². The summed E-state index contributed by atoms with van der Waals surface area (Å²) in [6, 6.07) is 4.15. The Bertz CT molecular complexity index is 717. The first-order valence-corrected chi connectivity index (χ1v) is 16.6. The van der Waals surface area contributed by atoms with Crippen molar-refractivity contribution in [3.63, 3.8) is 0 Å². The van der Waals surface area contributed by atoms with Crippen LogP contribution >= 0.6 is 0 Å². The lowest BCUT2D eigenvalue weighted by molar-refractivity contribution is -0.213. The van der Waals surface area contributed by atoms with Gasteiger partial charge >= 0.3 is 23.9 Å². The van der Waals surface area contributed by atoms with Crippen LogP contribution < -0.4 is 0 Å². The van der Waals surface area contributed by atoms with E-state index in [9.17, 15) is 19.2 Å². The number of hydrogen-bond acceptors (Lipinski definition) is 8. The Morgan fingerprint density at radius 2 is 0.889 bits per heavy atom. The zero-order chi connectivity index (χ0) is 27.6. The molecule has 0 N–H and O–H groups in total. The van der Waals surface area contributed by atoms with Gasteiger partial charge in [0.2, 0.25) is 0 Å². The molecule has 0 radical (unpaired) electrons. The average Bonchev–Trinajstić information content (AvgIpc) is 2.87. The molecule has 1 fully saturated rings. The molecule has 9 heteroatoms. The molecule has 2 unspecified atom stereocenters. The third-order valence-corrected chi connectivity index (χ3v) is 14.4. The van der Waals surface area contributed by atoms with Crippen molar-refractivity contribution < 1.29 is 38.1 Å². The van der Waals surface area contributed by atoms with Crippen LogP contribution in [0.3, 0.4) is 0 Å². The van der Waals surface area contributed by atoms with Crippen LogP contribution in [-0.2, 0) is 38.1 Å². The molecule has 1 rings (SSSR count). The molecule has 208 valence electrons. The van der Waals surface area contributed by atoms with E-state index in [0.717, 1.165) is 24.2 Å². The SMILES string of the molecule is CCOC(=O)C1(C(=O)OCC)CC(CC)C(C[Si](CC)(CC)CC)CC1(C(=O)OCC)C(=O)OCC. The highest BCUT2D eigenvalue weighted by atomic mass is 28.3. The van der Waals surface area contributed by atoms with Gasteiger partial charge in [-0.25, -0.2) is 0 Å². The van der Waals surface area contributed by atoms with Crippen molar-refractivity contribution in [1.82, 2.24) is 0 Å². The van der Waals surface area contributed by atoms with Crippen LogP contribution in [0.2, 0.25) is 24.2 Å². The van der Waals surface area contributed by atoms with Crippen molar-refractivity contribution in [2.24, 2.45) is 22.7 Å². The summed E-state index contributed by atoms with van der Waals surface area (Å²) in [5, 5.41) is 0. The van der Waals surface area contributed by atoms with Gasteiger partial charge in [-0.2, -0.15) is 0 Å². The first kappa shape index (κ1) is 32.1. The van der Waals surface area contributed by atoms with Gasteiger partial charge in [0.05, 0.1) is 34.5 Å². The van der Waals surface area contributed by atoms with E-state index in [4.69, 9.17) is 18.9 Å². The van der Waals surface area contributed by atoms with Crippen LogP contribution in [-0.4, -0.2) is 58.4 Å². The molecule has 36 heavy (non-hydrogen) atoms. The summed E-state index contributed by atoms with van der Waals surface area (Å²) in [7, 11) is -1.70. The molecule has 1 aliphatic carbocycles. The van der Waals surface area contributed by atoms with Gasteiger partial charge in [-0.05, 0) is 52.4 Å². The molecule has 2 atom stereocenters. The quantitative estimate of drug-likeness (QED) is 0.132. The third-order valence-electron chi connectivity index (χ3n) is 8.50. The lowest BCUT2D eigenvalue weighted by Crippen LogP contribution is -2.67. The van der Waals surface area contributed by atoms with Crippen molar-refractivity contribution >= 4 is 32.0 Å². The number of carbonyl (C=O) groups is 4. The predicted octanol–water partition coefficient (Wildman–Crippen LogP) is 5.16. The second kappa shape index (κ2) is 14.1. The summed E-state index contributed by atoms with van der Waals surface area (Å²) in [6.45, 7) is 15.1. The van der Waals surface area contributed by atoms with Crippen molar-refractivity contribution in [3.05, 3.63) is 0 Å². The minimum absolute atomic E-state index is 0.00441. The molecule has 0 saturated heterocycles. The number of esters is 4. The fourth-order valence-electron chi connectivity index (χ4n) is 6.14. The van der Waals surface area contributed by atoms with E-state index in [2.05, 4.69) is 20.8 Å². The Hall–Kier alpha value is -1.90. The van der Waals surface area contributed by atoms with Crippen molar-refractivity contribution in [3.8, 4) is 0 Å². The van der Waals surface area contributed by atoms with Crippen molar-refractivity contribution in [1.29, 1.82) is 0 Å². The van der Waals surface area contributed by atoms with Gasteiger partial charge < -0.3 is 18.9 Å². The second-order valence-corrected chi connectivity index (χ2v) is 15.3. The topological polar surface area (TPSA) is 105 Å². The van der Waals surface area contributed by atoms with Gasteiger partial charge in [0.15, 0.2) is 10.8 Å². The van der Waals surface area contributed by atoms with Gasteiger partial charge in [0.1, 0.15) is 0 Å². The molecular weight excluding hydrogens is 480 g/mol. The van der Waals surface area contributed by atoms with E-state index in [1.165, 1.54) is 0 Å². The highest BCUT2D eigenvalue weighted by Crippen LogP contribution is 2.60. The van der Waals surface area contributed by atoms with Crippen molar-refractivity contribution in [2.75, 3.05) is 26.4 Å². The third kappa shape index (κ3) is 5.81. The van der Waals surface area contributed by atoms with E-state index in [1.807, 2.05) is 6.92 Å². The monoisotopic (exact) mass is 528 g/mol. The largest absolute Gasteiger partial charge is 0.465 e. The van der Waals surface area contributed by atoms with E-state index in [1.54, 1.807) is 27.7 Å². The number of rotatable bonds is 14. The fourth-order valence-corrected chi connectivity index (χ4v) is 10.1. The van der Waals surface area contributed by atoms with Gasteiger partial charge in [-0.3, -0.25) is 19.2 Å². The average molecular weight is 529 g/mol. The molecule has 0 aromatic rings. The van der Waals surface area contributed by atoms with Gasteiger partial charge in [0.25, 0.3) is 0 Å². The standard InChI is InChI=1S/C27H48O8Si/c1-9-20-17-26(22(28)32-10-2,23(29)33-11-3)27(24(30)34-12-4,25(31)35-13-5)18-21(20)19-36(14-6,15-7)16-8/h20-21H,9-19H2,1-8H3. The molecule has 0 spiro atoms. The maximum Gasteiger partial charge on any atom is 0.325 e. The molecule has 1 saturated carbocycles. The number of ether oxygens (including phenoxy) is 4. The van der Waals surface area contributed by atoms with Gasteiger partial charge in [-0.15, -0.1) is 0 Å². The Labute approximate surface area is 218 Å². The van der Waals surface area contributed by atoms with E-state index in [-0.39, 0.29) is 51.1 Å². The summed E-state index contributed by atoms with van der Waals surface area (Å²) in [5.41, 5.74) is -4.35. The summed E-state index contributed by atoms with van der Waals surface area (Å²) in [4.78, 5) is 55.2. The molecule has 0 amide bonds. The lowest BCUT2D eigenvalue weighted by atomic mass is 9.50. The van der Waals surface area contributed by atoms with Crippen LogP contribution in [0.4, 0.5) is 0 Å². The molecular formula is C27H48O8Si. The lowest BCUT2D eigenvalue weighted by Gasteiger charge is -2.52. The summed E-state index contributed by atoms with van der Waals surface area (Å²) < 4.78 is 21.7. The zero-order valence-corrected chi connectivity index (χ0v) is 24.7. The molecule has 0 bridgehead atoms. The molecule has 0 aromatic carbocycles. The van der Waals surface area contributed by atoms with Crippen LogP contribution in [0, 0.1) is 22.7 Å². The minimum atomic E-state index is -2.18. The van der Waals surface area contributed by atoms with Crippen LogP contribution in [0.25, 0.3) is 0 Å². The first-order valence-electron chi connectivity index (χ1n) is 13.8. The minimum Gasteiger partial charge on any atom is -0.465 e. The zero-order valence-electron chi connectivity index (χ0n) is 23.7. The molecule has 0 heterocycles. The summed E-state index contributed by atoms with van der Waals surface area (Å²) in [5.74, 6) is -3.81. The summed E-state index contributed by atoms with van der Waals surface area (Å²) in [6.07, 6.45) is 0.662. The second-order valence-electron chi connectivity index (χ2n) is 9.79. The molecule has 1 aliphatic rings. The van der Waals surface area contributed by atoms with E-state index >= 15 is 0 Å². The highest BCUT2D eigenvalue weighted by Gasteiger charge is 2.76. The number of hydrogen-bond donors (Lipinski definition) is 0. The predicted molar refractivity (Wildman–Crippen MR) is 140 cm³/mol. The Morgan fingerprint density at radius 1 is 0.583 bits per heavy atom. The van der Waals surface area contributed by atoms with E-state index < -0.39 is 42.8 Å². The highest BCUT2D eigenvalue weighted by molar-refractivity contribution is 6.79. The first-order chi connectivity index (χ1) is 17.1. The smallest absolute Gasteiger partial charge is 0.325 e. The normalized spacial score (nSPS) is 20.8.